The van der Waals surface area contributed by atoms with Crippen LogP contribution in [0.25, 0.3) is 0 Å². The van der Waals surface area contributed by atoms with Crippen molar-refractivity contribution in [3.05, 3.63) is 57.9 Å². The van der Waals surface area contributed by atoms with E-state index in [4.69, 9.17) is 9.15 Å². The van der Waals surface area contributed by atoms with E-state index in [1.165, 1.54) is 27.4 Å². The van der Waals surface area contributed by atoms with Gasteiger partial charge in [-0.15, -0.1) is 11.3 Å². The minimum atomic E-state index is -0.706. The molecule has 1 saturated heterocycles. The Balaban J connectivity index is 1.62. The van der Waals surface area contributed by atoms with Crippen molar-refractivity contribution in [3.63, 3.8) is 0 Å². The van der Waals surface area contributed by atoms with Gasteiger partial charge in [0, 0.05) is 0 Å². The fourth-order valence-electron chi connectivity index (χ4n) is 3.59. The standard InChI is InChI=1S/C19H20N2O5S/c22-17(14-4-2-12-27-14)15-16(13-3-1-9-26-13)21(19(24)18(15)23)6-5-20-7-10-25-11-8-20/h1-4,9,12,16,23H,5-8,10-11H2/p+1/t16-/m0/s1. The second-order valence-corrected chi connectivity index (χ2v) is 7.55. The van der Waals surface area contributed by atoms with E-state index in [-0.39, 0.29) is 11.4 Å². The van der Waals surface area contributed by atoms with Gasteiger partial charge < -0.3 is 24.1 Å². The van der Waals surface area contributed by atoms with Crippen molar-refractivity contribution in [2.45, 2.75) is 6.04 Å². The van der Waals surface area contributed by atoms with Crippen LogP contribution in [0.1, 0.15) is 21.5 Å². The molecule has 27 heavy (non-hydrogen) atoms. The first-order valence-corrected chi connectivity index (χ1v) is 9.82. The summed E-state index contributed by atoms with van der Waals surface area (Å²) in [7, 11) is 0. The van der Waals surface area contributed by atoms with Crippen molar-refractivity contribution in [2.24, 2.45) is 0 Å². The third-order valence-electron chi connectivity index (χ3n) is 5.01. The summed E-state index contributed by atoms with van der Waals surface area (Å²) < 4.78 is 10.9. The lowest BCUT2D eigenvalue weighted by Gasteiger charge is -2.28. The van der Waals surface area contributed by atoms with Crippen LogP contribution < -0.4 is 4.90 Å². The van der Waals surface area contributed by atoms with Gasteiger partial charge in [-0.2, -0.15) is 0 Å². The molecular weight excluding hydrogens is 368 g/mol. The van der Waals surface area contributed by atoms with Crippen LogP contribution in [0, 0.1) is 0 Å². The van der Waals surface area contributed by atoms with E-state index < -0.39 is 17.7 Å². The number of Topliss-reactive ketones (excluding diaryl/α,β-unsaturated/α-hetero) is 1. The number of furan rings is 1. The van der Waals surface area contributed by atoms with Crippen LogP contribution in [0.15, 0.2) is 51.7 Å². The lowest BCUT2D eigenvalue weighted by Crippen LogP contribution is -3.14. The molecule has 0 aromatic carbocycles. The van der Waals surface area contributed by atoms with Crippen LogP contribution in [0.4, 0.5) is 0 Å². The Morgan fingerprint density at radius 2 is 2.11 bits per heavy atom. The van der Waals surface area contributed by atoms with Crippen LogP contribution in [0.2, 0.25) is 0 Å². The van der Waals surface area contributed by atoms with E-state index in [1.807, 2.05) is 0 Å². The summed E-state index contributed by atoms with van der Waals surface area (Å²) in [6.07, 6.45) is 1.51. The number of hydrogen-bond acceptors (Lipinski definition) is 6. The van der Waals surface area contributed by atoms with Crippen molar-refractivity contribution >= 4 is 23.0 Å². The number of carbonyl (C=O) groups is 2. The number of ketones is 1. The predicted molar refractivity (Wildman–Crippen MR) is 97.8 cm³/mol. The molecule has 1 amide bonds. The molecule has 0 unspecified atom stereocenters. The second kappa shape index (κ2) is 7.67. The number of nitrogens with one attached hydrogen (secondary N) is 1. The van der Waals surface area contributed by atoms with Gasteiger partial charge in [-0.05, 0) is 23.6 Å². The van der Waals surface area contributed by atoms with E-state index in [1.54, 1.807) is 29.6 Å². The molecule has 8 heteroatoms. The van der Waals surface area contributed by atoms with Crippen LogP contribution >= 0.6 is 11.3 Å². The van der Waals surface area contributed by atoms with Crippen molar-refractivity contribution in [3.8, 4) is 0 Å². The molecule has 1 fully saturated rings. The summed E-state index contributed by atoms with van der Waals surface area (Å²) in [5.74, 6) is -0.863. The Morgan fingerprint density at radius 1 is 1.30 bits per heavy atom. The van der Waals surface area contributed by atoms with Crippen LogP contribution in [-0.4, -0.2) is 61.1 Å². The molecule has 2 aliphatic rings. The molecule has 1 atom stereocenters. The number of ether oxygens (including phenoxy) is 1. The zero-order valence-electron chi connectivity index (χ0n) is 14.7. The largest absolute Gasteiger partial charge is 0.503 e. The fourth-order valence-corrected chi connectivity index (χ4v) is 4.27. The molecule has 2 N–H and O–H groups in total. The first-order chi connectivity index (χ1) is 13.2. The quantitative estimate of drug-likeness (QED) is 0.715. The highest BCUT2D eigenvalue weighted by Crippen LogP contribution is 2.39. The lowest BCUT2D eigenvalue weighted by molar-refractivity contribution is -0.907. The number of rotatable bonds is 6. The number of aliphatic hydroxyl groups is 1. The van der Waals surface area contributed by atoms with Gasteiger partial charge in [0.15, 0.2) is 5.76 Å². The second-order valence-electron chi connectivity index (χ2n) is 6.60. The van der Waals surface area contributed by atoms with E-state index in [0.29, 0.717) is 30.4 Å². The van der Waals surface area contributed by atoms with E-state index >= 15 is 0 Å². The van der Waals surface area contributed by atoms with Gasteiger partial charge in [-0.3, -0.25) is 9.59 Å². The Morgan fingerprint density at radius 3 is 2.78 bits per heavy atom. The average molecular weight is 389 g/mol. The number of thiophene rings is 1. The van der Waals surface area contributed by atoms with Gasteiger partial charge in [0.1, 0.15) is 24.9 Å². The molecule has 0 spiro atoms. The molecule has 4 heterocycles. The summed E-state index contributed by atoms with van der Waals surface area (Å²) in [6.45, 7) is 4.32. The van der Waals surface area contributed by atoms with Gasteiger partial charge in [-0.25, -0.2) is 0 Å². The fraction of sp³-hybridized carbons (Fsp3) is 0.368. The molecular formula is C19H21N2O5S+. The molecule has 0 aliphatic carbocycles. The maximum atomic E-state index is 13.0. The molecule has 0 bridgehead atoms. The molecule has 2 aromatic heterocycles. The molecule has 0 radical (unpaired) electrons. The summed E-state index contributed by atoms with van der Waals surface area (Å²) in [5.41, 5.74) is 0.0920. The van der Waals surface area contributed by atoms with Crippen LogP contribution in [0.3, 0.4) is 0 Å². The number of hydrogen-bond donors (Lipinski definition) is 2. The zero-order chi connectivity index (χ0) is 18.8. The maximum absolute atomic E-state index is 13.0. The molecule has 4 rings (SSSR count). The van der Waals surface area contributed by atoms with Gasteiger partial charge >= 0.3 is 0 Å². The summed E-state index contributed by atoms with van der Waals surface area (Å²) in [5, 5.41) is 12.3. The highest BCUT2D eigenvalue weighted by atomic mass is 32.1. The van der Waals surface area contributed by atoms with Crippen molar-refractivity contribution in [1.82, 2.24) is 4.90 Å². The first-order valence-electron chi connectivity index (χ1n) is 8.94. The predicted octanol–water partition coefficient (Wildman–Crippen LogP) is 0.835. The molecule has 7 nitrogen and oxygen atoms in total. The van der Waals surface area contributed by atoms with Gasteiger partial charge in [-0.1, -0.05) is 6.07 Å². The number of quaternary nitrogens is 1. The topological polar surface area (TPSA) is 84.4 Å². The molecule has 2 aromatic rings. The molecule has 0 saturated carbocycles. The highest BCUT2D eigenvalue weighted by Gasteiger charge is 2.45. The van der Waals surface area contributed by atoms with Crippen LogP contribution in [0.5, 0.6) is 0 Å². The summed E-state index contributed by atoms with van der Waals surface area (Å²) in [4.78, 5) is 29.1. The Hall–Kier alpha value is -2.42. The van der Waals surface area contributed by atoms with Crippen molar-refractivity contribution in [2.75, 3.05) is 39.4 Å². The monoisotopic (exact) mass is 389 g/mol. The minimum absolute atomic E-state index is 0.0920. The van der Waals surface area contributed by atoms with Gasteiger partial charge in [0.25, 0.3) is 5.91 Å². The van der Waals surface area contributed by atoms with Crippen molar-refractivity contribution < 1.29 is 28.7 Å². The lowest BCUT2D eigenvalue weighted by atomic mass is 10.0. The summed E-state index contributed by atoms with van der Waals surface area (Å²) >= 11 is 1.28. The van der Waals surface area contributed by atoms with E-state index in [2.05, 4.69) is 0 Å². The van der Waals surface area contributed by atoms with E-state index in [9.17, 15) is 14.7 Å². The maximum Gasteiger partial charge on any atom is 0.290 e. The van der Waals surface area contributed by atoms with Crippen LogP contribution in [-0.2, 0) is 9.53 Å². The average Bonchev–Trinajstić information content (AvgIpc) is 3.43. The SMILES string of the molecule is O=C(C1=C(O)C(=O)N(CC[NH+]2CCOCC2)[C@H]1c1ccco1)c1cccs1. The smallest absolute Gasteiger partial charge is 0.290 e. The minimum Gasteiger partial charge on any atom is -0.503 e. The number of nitrogens with zero attached hydrogens (tertiary/aromatic N) is 1. The number of morpholine rings is 1. The zero-order valence-corrected chi connectivity index (χ0v) is 15.5. The van der Waals surface area contributed by atoms with E-state index in [0.717, 1.165) is 19.6 Å². The first kappa shape index (κ1) is 18.0. The number of carbonyl (C=O) groups excluding carboxylic acids is 2. The Bertz CT molecular complexity index is 838. The van der Waals surface area contributed by atoms with Gasteiger partial charge in [0.05, 0.1) is 43.0 Å². The highest BCUT2D eigenvalue weighted by molar-refractivity contribution is 7.12. The number of aliphatic hydroxyl groups excluding tert-OH is 1. The molecule has 2 aliphatic heterocycles. The molecule has 142 valence electrons. The number of amides is 1. The normalized spacial score (nSPS) is 21.3. The van der Waals surface area contributed by atoms with Gasteiger partial charge in [0.2, 0.25) is 5.78 Å². The Kier molecular flexibility index (Phi) is 5.11. The third kappa shape index (κ3) is 3.43. The third-order valence-corrected chi connectivity index (χ3v) is 5.88. The summed E-state index contributed by atoms with van der Waals surface area (Å²) in [6, 6.07) is 6.20. The Labute approximate surface area is 160 Å². The van der Waals surface area contributed by atoms with Crippen molar-refractivity contribution in [1.29, 1.82) is 0 Å².